The second kappa shape index (κ2) is 15.2. The van der Waals surface area contributed by atoms with E-state index in [1.54, 1.807) is 0 Å². The number of fused-ring (bicyclic) bond motifs is 8. The topological polar surface area (TPSA) is 55.7 Å². The number of aliphatic imine (C=N–C) groups is 2. The summed E-state index contributed by atoms with van der Waals surface area (Å²) >= 11 is 0. The lowest BCUT2D eigenvalue weighted by atomic mass is 9.97. The number of rotatable bonds is 9. The van der Waals surface area contributed by atoms with Crippen molar-refractivity contribution in [3.05, 3.63) is 223 Å². The molecule has 0 radical (unpaired) electrons. The van der Waals surface area contributed by atoms with E-state index in [-0.39, 0.29) is 0 Å². The maximum Gasteiger partial charge on any atom is 0.147 e. The third-order valence-electron chi connectivity index (χ3n) is 11.5. The highest BCUT2D eigenvalue weighted by atomic mass is 16.3. The Labute approximate surface area is 352 Å². The van der Waals surface area contributed by atoms with Crippen LogP contribution in [0.2, 0.25) is 0 Å². The summed E-state index contributed by atoms with van der Waals surface area (Å²) in [4.78, 5) is 15.4. The zero-order valence-corrected chi connectivity index (χ0v) is 33.2. The van der Waals surface area contributed by atoms with Crippen molar-refractivity contribution in [2.45, 2.75) is 6.54 Å². The molecule has 11 rings (SSSR count). The summed E-state index contributed by atoms with van der Waals surface area (Å²) < 4.78 is 8.99. The quantitative estimate of drug-likeness (QED) is 0.137. The van der Waals surface area contributed by atoms with E-state index in [1.165, 1.54) is 10.8 Å². The second-order valence-electron chi connectivity index (χ2n) is 15.2. The minimum atomic E-state index is 0.511. The average Bonchev–Trinajstić information content (AvgIpc) is 3.89. The van der Waals surface area contributed by atoms with E-state index in [4.69, 9.17) is 19.4 Å². The molecule has 0 saturated heterocycles. The van der Waals surface area contributed by atoms with E-state index in [9.17, 15) is 0 Å². The molecule has 0 aliphatic heterocycles. The Morgan fingerprint density at radius 2 is 1.16 bits per heavy atom. The molecule has 5 nitrogen and oxygen atoms in total. The van der Waals surface area contributed by atoms with Crippen LogP contribution in [0.25, 0.3) is 88.4 Å². The third-order valence-corrected chi connectivity index (χ3v) is 11.5. The molecule has 5 heteroatoms. The van der Waals surface area contributed by atoms with Crippen molar-refractivity contribution in [1.82, 2.24) is 9.55 Å². The van der Waals surface area contributed by atoms with Gasteiger partial charge in [0.25, 0.3) is 0 Å². The molecule has 0 unspecified atom stereocenters. The van der Waals surface area contributed by atoms with Crippen molar-refractivity contribution < 1.29 is 4.42 Å². The molecular formula is C56H38N4O. The minimum absolute atomic E-state index is 0.511. The zero-order chi connectivity index (χ0) is 40.7. The van der Waals surface area contributed by atoms with Crippen LogP contribution in [0.4, 0.5) is 0 Å². The fourth-order valence-electron chi connectivity index (χ4n) is 8.64. The monoisotopic (exact) mass is 782 g/mol. The number of pyridine rings is 1. The van der Waals surface area contributed by atoms with Crippen LogP contribution in [0.1, 0.15) is 16.7 Å². The highest BCUT2D eigenvalue weighted by Crippen LogP contribution is 2.42. The minimum Gasteiger partial charge on any atom is -0.455 e. The number of hydrogen-bond donors (Lipinski definition) is 0. The molecule has 11 aromatic rings. The highest BCUT2D eigenvalue weighted by molar-refractivity contribution is 6.19. The van der Waals surface area contributed by atoms with Gasteiger partial charge in [-0.3, -0.25) is 9.98 Å². The summed E-state index contributed by atoms with van der Waals surface area (Å²) in [7, 11) is 0. The van der Waals surface area contributed by atoms with Crippen molar-refractivity contribution in [1.29, 1.82) is 0 Å². The summed E-state index contributed by atoms with van der Waals surface area (Å²) in [6, 6.07) is 69.6. The second-order valence-corrected chi connectivity index (χ2v) is 15.2. The Bertz CT molecular complexity index is 3450. The summed E-state index contributed by atoms with van der Waals surface area (Å²) in [5, 5.41) is 5.33. The van der Waals surface area contributed by atoms with Gasteiger partial charge in [0, 0.05) is 38.4 Å². The number of para-hydroxylation sites is 4. The molecule has 0 fully saturated rings. The summed E-state index contributed by atoms with van der Waals surface area (Å²) in [5.74, 6) is 0. The standard InChI is InChI=1S/C56H38N4O/c1-57-49(35-50(58-36-37-16-4-2-5-17-37)40-30-28-39(29-31-40)38-18-6-3-7-19-38)41-32-42(34-43(33-41)60-51-25-13-9-20-44(51)45-21-10-14-26-52(45)60)55-54-47-23-11-15-27-53(47)61-56(54)46-22-8-12-24-48(46)59-55/h2-35H,1,36H2/b49-35-,58-50+. The molecule has 0 saturated carbocycles. The van der Waals surface area contributed by atoms with E-state index in [2.05, 4.69) is 181 Å². The van der Waals surface area contributed by atoms with Gasteiger partial charge >= 0.3 is 0 Å². The fraction of sp³-hybridized carbons (Fsp3) is 0.0179. The van der Waals surface area contributed by atoms with Gasteiger partial charge in [-0.1, -0.05) is 152 Å². The normalized spacial score (nSPS) is 12.3. The number of allylic oxidation sites excluding steroid dienone is 1. The van der Waals surface area contributed by atoms with Gasteiger partial charge in [-0.2, -0.15) is 0 Å². The smallest absolute Gasteiger partial charge is 0.147 e. The Kier molecular flexibility index (Phi) is 8.98. The molecule has 0 aliphatic rings. The predicted molar refractivity (Wildman–Crippen MR) is 255 cm³/mol. The fourth-order valence-corrected chi connectivity index (χ4v) is 8.64. The van der Waals surface area contributed by atoms with E-state index in [1.807, 2.05) is 36.4 Å². The largest absolute Gasteiger partial charge is 0.455 e. The predicted octanol–water partition coefficient (Wildman–Crippen LogP) is 14.3. The van der Waals surface area contributed by atoms with E-state index < -0.39 is 0 Å². The molecule has 0 spiro atoms. The number of aromatic nitrogens is 2. The van der Waals surface area contributed by atoms with Gasteiger partial charge < -0.3 is 8.98 Å². The Balaban J connectivity index is 1.16. The molecule has 0 aliphatic carbocycles. The van der Waals surface area contributed by atoms with E-state index in [0.29, 0.717) is 12.2 Å². The molecule has 0 amide bonds. The van der Waals surface area contributed by atoms with Crippen LogP contribution in [0.3, 0.4) is 0 Å². The summed E-state index contributed by atoms with van der Waals surface area (Å²) in [6.45, 7) is 4.67. The molecule has 3 heterocycles. The van der Waals surface area contributed by atoms with Gasteiger partial charge in [0.2, 0.25) is 0 Å². The zero-order valence-electron chi connectivity index (χ0n) is 33.2. The maximum absolute atomic E-state index is 6.65. The van der Waals surface area contributed by atoms with Crippen molar-refractivity contribution in [2.75, 3.05) is 0 Å². The molecule has 8 aromatic carbocycles. The van der Waals surface area contributed by atoms with Crippen LogP contribution in [-0.4, -0.2) is 22.0 Å². The third kappa shape index (κ3) is 6.49. The van der Waals surface area contributed by atoms with Gasteiger partial charge in [-0.25, -0.2) is 4.98 Å². The van der Waals surface area contributed by atoms with E-state index in [0.717, 1.165) is 94.3 Å². The van der Waals surface area contributed by atoms with Crippen molar-refractivity contribution >= 4 is 72.8 Å². The Morgan fingerprint density at radius 3 is 1.89 bits per heavy atom. The first-order valence-corrected chi connectivity index (χ1v) is 20.5. The first-order chi connectivity index (χ1) is 30.2. The van der Waals surface area contributed by atoms with Gasteiger partial charge in [0.05, 0.1) is 45.6 Å². The van der Waals surface area contributed by atoms with E-state index >= 15 is 0 Å². The van der Waals surface area contributed by atoms with Gasteiger partial charge in [0.1, 0.15) is 11.2 Å². The first-order valence-electron chi connectivity index (χ1n) is 20.5. The van der Waals surface area contributed by atoms with Gasteiger partial charge in [-0.05, 0) is 83.6 Å². The molecule has 0 bridgehead atoms. The number of benzene rings is 8. The van der Waals surface area contributed by atoms with Crippen LogP contribution in [-0.2, 0) is 6.54 Å². The van der Waals surface area contributed by atoms with Gasteiger partial charge in [0.15, 0.2) is 0 Å². The molecule has 0 N–H and O–H groups in total. The SMILES string of the molecule is C=N/C(=C\C(=N/Cc1ccccc1)c1ccc(-c2ccccc2)cc1)c1cc(-c2nc3ccccc3c3oc4ccccc4c23)cc(-n2c3ccccc3c3ccccc32)c1. The number of hydrogen-bond acceptors (Lipinski definition) is 4. The van der Waals surface area contributed by atoms with Crippen LogP contribution in [0.5, 0.6) is 0 Å². The van der Waals surface area contributed by atoms with Crippen LogP contribution < -0.4 is 0 Å². The van der Waals surface area contributed by atoms with Crippen LogP contribution >= 0.6 is 0 Å². The average molecular weight is 783 g/mol. The van der Waals surface area contributed by atoms with Crippen LogP contribution in [0, 0.1) is 0 Å². The summed E-state index contributed by atoms with van der Waals surface area (Å²) in [5.41, 5.74) is 14.3. The Morgan fingerprint density at radius 1 is 0.557 bits per heavy atom. The van der Waals surface area contributed by atoms with Crippen molar-refractivity contribution in [3.63, 3.8) is 0 Å². The summed E-state index contributed by atoms with van der Waals surface area (Å²) in [6.07, 6.45) is 2.07. The molecule has 61 heavy (non-hydrogen) atoms. The molecule has 288 valence electrons. The Hall–Kier alpha value is -8.15. The lowest BCUT2D eigenvalue weighted by molar-refractivity contribution is 0.672. The lowest BCUT2D eigenvalue weighted by Crippen LogP contribution is -2.01. The number of nitrogens with zero attached hydrogens (tertiary/aromatic N) is 4. The highest BCUT2D eigenvalue weighted by Gasteiger charge is 2.21. The van der Waals surface area contributed by atoms with Gasteiger partial charge in [-0.15, -0.1) is 0 Å². The van der Waals surface area contributed by atoms with Crippen LogP contribution in [0.15, 0.2) is 221 Å². The maximum atomic E-state index is 6.65. The van der Waals surface area contributed by atoms with Crippen molar-refractivity contribution in [2.24, 2.45) is 9.98 Å². The molecular weight excluding hydrogens is 745 g/mol. The van der Waals surface area contributed by atoms with Crippen molar-refractivity contribution in [3.8, 4) is 28.1 Å². The lowest BCUT2D eigenvalue weighted by Gasteiger charge is -2.15. The molecule has 0 atom stereocenters. The molecule has 3 aromatic heterocycles. The first kappa shape index (κ1) is 36.0. The number of furan rings is 1.